The van der Waals surface area contributed by atoms with Gasteiger partial charge in [-0.1, -0.05) is 13.8 Å². The summed E-state index contributed by atoms with van der Waals surface area (Å²) in [7, 11) is 0. The van der Waals surface area contributed by atoms with Crippen molar-refractivity contribution >= 4 is 0 Å². The maximum atomic E-state index is 5.40. The first-order valence-electron chi connectivity index (χ1n) is 6.29. The SMILES string of the molecule is CC.CC(N)CN.NCCN1CCNCC1. The first kappa shape index (κ1) is 18.2. The van der Waals surface area contributed by atoms with E-state index >= 15 is 0 Å². The zero-order valence-electron chi connectivity index (χ0n) is 11.2. The zero-order valence-corrected chi connectivity index (χ0v) is 11.2. The van der Waals surface area contributed by atoms with Crippen LogP contribution in [-0.2, 0) is 0 Å². The summed E-state index contributed by atoms with van der Waals surface area (Å²) in [5, 5.41) is 3.29. The molecule has 1 fully saturated rings. The van der Waals surface area contributed by atoms with Gasteiger partial charge in [0.15, 0.2) is 0 Å². The van der Waals surface area contributed by atoms with Crippen LogP contribution in [-0.4, -0.2) is 56.8 Å². The Morgan fingerprint density at radius 3 is 1.94 bits per heavy atom. The molecule has 0 spiro atoms. The monoisotopic (exact) mass is 233 g/mol. The van der Waals surface area contributed by atoms with Crippen LogP contribution in [0.3, 0.4) is 0 Å². The van der Waals surface area contributed by atoms with E-state index in [-0.39, 0.29) is 6.04 Å². The fraction of sp³-hybridized carbons (Fsp3) is 1.00. The van der Waals surface area contributed by atoms with Crippen LogP contribution >= 0.6 is 0 Å². The molecule has 0 amide bonds. The highest BCUT2D eigenvalue weighted by molar-refractivity contribution is 4.66. The van der Waals surface area contributed by atoms with E-state index in [9.17, 15) is 0 Å². The smallest absolute Gasteiger partial charge is 0.0134 e. The van der Waals surface area contributed by atoms with Gasteiger partial charge in [-0.15, -0.1) is 0 Å². The van der Waals surface area contributed by atoms with Gasteiger partial charge in [0.05, 0.1) is 0 Å². The summed E-state index contributed by atoms with van der Waals surface area (Å²) < 4.78 is 0. The van der Waals surface area contributed by atoms with Crippen LogP contribution in [0.5, 0.6) is 0 Å². The van der Waals surface area contributed by atoms with Gasteiger partial charge in [0.25, 0.3) is 0 Å². The molecule has 0 aromatic carbocycles. The topological polar surface area (TPSA) is 93.3 Å². The second kappa shape index (κ2) is 14.8. The van der Waals surface area contributed by atoms with Crippen LogP contribution in [0.25, 0.3) is 0 Å². The van der Waals surface area contributed by atoms with Gasteiger partial charge in [-0.05, 0) is 6.92 Å². The Hall–Kier alpha value is -0.200. The number of rotatable bonds is 3. The third-order valence-electron chi connectivity index (χ3n) is 2.03. The molecule has 1 rings (SSSR count). The summed E-state index contributed by atoms with van der Waals surface area (Å²) in [6.07, 6.45) is 0. The molecule has 1 atom stereocenters. The van der Waals surface area contributed by atoms with E-state index in [0.717, 1.165) is 39.3 Å². The van der Waals surface area contributed by atoms with Crippen molar-refractivity contribution in [3.05, 3.63) is 0 Å². The molecule has 1 heterocycles. The van der Waals surface area contributed by atoms with E-state index in [1.54, 1.807) is 0 Å². The number of nitrogens with zero attached hydrogens (tertiary/aromatic N) is 1. The third-order valence-corrected chi connectivity index (χ3v) is 2.03. The second-order valence-electron chi connectivity index (χ2n) is 3.59. The molecule has 16 heavy (non-hydrogen) atoms. The zero-order chi connectivity index (χ0) is 12.8. The molecule has 1 saturated heterocycles. The summed E-state index contributed by atoms with van der Waals surface area (Å²) in [5.41, 5.74) is 15.6. The Bertz CT molecular complexity index is 110. The lowest BCUT2D eigenvalue weighted by Gasteiger charge is -2.26. The molecule has 0 aromatic rings. The Balaban J connectivity index is 0. The van der Waals surface area contributed by atoms with Gasteiger partial charge in [-0.3, -0.25) is 4.90 Å². The number of hydrogen-bond donors (Lipinski definition) is 4. The van der Waals surface area contributed by atoms with Gasteiger partial charge in [0, 0.05) is 51.9 Å². The van der Waals surface area contributed by atoms with E-state index in [2.05, 4.69) is 10.2 Å². The van der Waals surface area contributed by atoms with Crippen LogP contribution < -0.4 is 22.5 Å². The van der Waals surface area contributed by atoms with Crippen LogP contribution in [0, 0.1) is 0 Å². The van der Waals surface area contributed by atoms with Gasteiger partial charge >= 0.3 is 0 Å². The van der Waals surface area contributed by atoms with Crippen molar-refractivity contribution in [2.75, 3.05) is 45.8 Å². The highest BCUT2D eigenvalue weighted by Crippen LogP contribution is 1.88. The molecule has 5 heteroatoms. The van der Waals surface area contributed by atoms with Crippen molar-refractivity contribution in [3.63, 3.8) is 0 Å². The Morgan fingerprint density at radius 2 is 1.62 bits per heavy atom. The molecule has 1 unspecified atom stereocenters. The van der Waals surface area contributed by atoms with E-state index in [4.69, 9.17) is 17.2 Å². The van der Waals surface area contributed by atoms with E-state index in [1.165, 1.54) is 0 Å². The van der Waals surface area contributed by atoms with Gasteiger partial charge in [-0.25, -0.2) is 0 Å². The molecular weight excluding hydrogens is 202 g/mol. The lowest BCUT2D eigenvalue weighted by molar-refractivity contribution is 0.247. The highest BCUT2D eigenvalue weighted by atomic mass is 15.2. The molecule has 5 nitrogen and oxygen atoms in total. The van der Waals surface area contributed by atoms with E-state index < -0.39 is 0 Å². The van der Waals surface area contributed by atoms with Crippen molar-refractivity contribution < 1.29 is 0 Å². The lowest BCUT2D eigenvalue weighted by Crippen LogP contribution is -2.45. The first-order valence-corrected chi connectivity index (χ1v) is 6.29. The molecule has 1 aliphatic rings. The summed E-state index contributed by atoms with van der Waals surface area (Å²) in [6, 6.07) is 0.162. The summed E-state index contributed by atoms with van der Waals surface area (Å²) in [6.45, 7) is 12.9. The summed E-state index contributed by atoms with van der Waals surface area (Å²) in [5.74, 6) is 0. The average Bonchev–Trinajstić information content (AvgIpc) is 2.34. The lowest BCUT2D eigenvalue weighted by atomic mass is 10.3. The third kappa shape index (κ3) is 13.8. The van der Waals surface area contributed by atoms with E-state index in [1.807, 2.05) is 20.8 Å². The molecular formula is C11H31N5. The minimum Gasteiger partial charge on any atom is -0.329 e. The quantitative estimate of drug-likeness (QED) is 0.510. The fourth-order valence-electron chi connectivity index (χ4n) is 1.12. The summed E-state index contributed by atoms with van der Waals surface area (Å²) in [4.78, 5) is 2.39. The van der Waals surface area contributed by atoms with Crippen LogP contribution in [0.15, 0.2) is 0 Å². The molecule has 0 radical (unpaired) electrons. The molecule has 0 saturated carbocycles. The van der Waals surface area contributed by atoms with Crippen molar-refractivity contribution in [1.29, 1.82) is 0 Å². The first-order chi connectivity index (χ1) is 7.70. The van der Waals surface area contributed by atoms with Gasteiger partial charge in [0.1, 0.15) is 0 Å². The molecule has 0 aromatic heterocycles. The minimum absolute atomic E-state index is 0.162. The maximum absolute atomic E-state index is 5.40. The Kier molecular flexibility index (Phi) is 16.8. The van der Waals surface area contributed by atoms with Gasteiger partial charge in [-0.2, -0.15) is 0 Å². The van der Waals surface area contributed by atoms with Crippen molar-refractivity contribution in [1.82, 2.24) is 10.2 Å². The predicted octanol–water partition coefficient (Wildman–Crippen LogP) is -0.831. The van der Waals surface area contributed by atoms with Crippen LogP contribution in [0.1, 0.15) is 20.8 Å². The highest BCUT2D eigenvalue weighted by Gasteiger charge is 2.06. The van der Waals surface area contributed by atoms with Crippen molar-refractivity contribution in [2.45, 2.75) is 26.8 Å². The molecule has 7 N–H and O–H groups in total. The van der Waals surface area contributed by atoms with E-state index in [0.29, 0.717) is 6.54 Å². The molecule has 100 valence electrons. The standard InChI is InChI=1S/C6H15N3.C3H10N2.C2H6/c7-1-4-9-5-2-8-3-6-9;1-3(5)2-4;1-2/h8H,1-7H2;3H,2,4-5H2,1H3;1-2H3. The molecule has 1 aliphatic heterocycles. The minimum atomic E-state index is 0.162. The average molecular weight is 233 g/mol. The van der Waals surface area contributed by atoms with Crippen molar-refractivity contribution in [3.8, 4) is 0 Å². The van der Waals surface area contributed by atoms with Crippen molar-refractivity contribution in [2.24, 2.45) is 17.2 Å². The molecule has 0 aliphatic carbocycles. The Morgan fingerprint density at radius 1 is 1.19 bits per heavy atom. The second-order valence-corrected chi connectivity index (χ2v) is 3.59. The number of nitrogens with one attached hydrogen (secondary N) is 1. The maximum Gasteiger partial charge on any atom is 0.0134 e. The van der Waals surface area contributed by atoms with Gasteiger partial charge in [0.2, 0.25) is 0 Å². The largest absolute Gasteiger partial charge is 0.329 e. The molecule has 0 bridgehead atoms. The fourth-order valence-corrected chi connectivity index (χ4v) is 1.12. The van der Waals surface area contributed by atoms with Gasteiger partial charge < -0.3 is 22.5 Å². The predicted molar refractivity (Wildman–Crippen MR) is 72.4 cm³/mol. The van der Waals surface area contributed by atoms with Crippen LogP contribution in [0.2, 0.25) is 0 Å². The summed E-state index contributed by atoms with van der Waals surface area (Å²) >= 11 is 0. The number of nitrogens with two attached hydrogens (primary N) is 3. The number of hydrogen-bond acceptors (Lipinski definition) is 5. The van der Waals surface area contributed by atoms with Crippen LogP contribution in [0.4, 0.5) is 0 Å². The normalized spacial score (nSPS) is 17.6. The number of piperazine rings is 1. The Labute approximate surface area is 101 Å².